The van der Waals surface area contributed by atoms with Gasteiger partial charge in [-0.15, -0.1) is 0 Å². The van der Waals surface area contributed by atoms with Gasteiger partial charge in [-0.1, -0.05) is 71.2 Å². The third-order valence-corrected chi connectivity index (χ3v) is 6.43. The van der Waals surface area contributed by atoms with Crippen LogP contribution in [0.3, 0.4) is 0 Å². The topological polar surface area (TPSA) is 56.5 Å². The monoisotopic (exact) mass is 537 g/mol. The first-order chi connectivity index (χ1) is 16.4. The molecule has 4 rings (SSSR count). The lowest BCUT2D eigenvalue weighted by Gasteiger charge is -2.14. The van der Waals surface area contributed by atoms with Crippen molar-refractivity contribution in [3.63, 3.8) is 0 Å². The number of ether oxygens (including phenoxy) is 1. The van der Waals surface area contributed by atoms with Crippen LogP contribution in [0.15, 0.2) is 75.0 Å². The second kappa shape index (κ2) is 10.5. The van der Waals surface area contributed by atoms with E-state index in [2.05, 4.69) is 34.0 Å². The van der Waals surface area contributed by atoms with Gasteiger partial charge >= 0.3 is 0 Å². The molecule has 5 nitrogen and oxygen atoms in total. The molecule has 0 bridgehead atoms. The van der Waals surface area contributed by atoms with E-state index in [1.54, 1.807) is 18.3 Å². The standard InChI is InChI=1S/C27H25BrClN3O2/c1-4-18(3)26-31-24-10-9-21(28)14-22(24)27(33)32(26)30-15-19-8-11-25(23(29)13-19)34-16-20-7-5-6-17(2)12-20/h5-15,18H,4,16H2,1-3H3/t18-/m0/s1. The Kier molecular flexibility index (Phi) is 7.49. The van der Waals surface area contributed by atoms with Crippen molar-refractivity contribution in [2.24, 2.45) is 5.10 Å². The van der Waals surface area contributed by atoms with Crippen molar-refractivity contribution in [3.05, 3.63) is 103 Å². The number of hydrogen-bond acceptors (Lipinski definition) is 4. The molecule has 0 aliphatic carbocycles. The molecule has 174 valence electrons. The lowest BCUT2D eigenvalue weighted by molar-refractivity contribution is 0.306. The zero-order valence-corrected chi connectivity index (χ0v) is 21.6. The van der Waals surface area contributed by atoms with Gasteiger partial charge in [-0.3, -0.25) is 4.79 Å². The highest BCUT2D eigenvalue weighted by atomic mass is 79.9. The summed E-state index contributed by atoms with van der Waals surface area (Å²) in [6, 6.07) is 19.1. The van der Waals surface area contributed by atoms with Crippen LogP contribution in [0.4, 0.5) is 0 Å². The second-order valence-corrected chi connectivity index (χ2v) is 9.59. The molecule has 4 aromatic rings. The number of rotatable bonds is 7. The first-order valence-electron chi connectivity index (χ1n) is 11.1. The SMILES string of the molecule is CC[C@H](C)c1nc2ccc(Br)cc2c(=O)n1N=Cc1ccc(OCc2cccc(C)c2)c(Cl)c1. The van der Waals surface area contributed by atoms with E-state index < -0.39 is 0 Å². The van der Waals surface area contributed by atoms with Crippen LogP contribution < -0.4 is 10.3 Å². The predicted molar refractivity (Wildman–Crippen MR) is 142 cm³/mol. The van der Waals surface area contributed by atoms with Gasteiger partial charge in [-0.05, 0) is 60.9 Å². The van der Waals surface area contributed by atoms with Gasteiger partial charge in [0.25, 0.3) is 5.56 Å². The molecule has 0 N–H and O–H groups in total. The summed E-state index contributed by atoms with van der Waals surface area (Å²) < 4.78 is 8.10. The summed E-state index contributed by atoms with van der Waals surface area (Å²) in [5, 5.41) is 5.49. The molecule has 0 saturated carbocycles. The maximum absolute atomic E-state index is 13.3. The minimum Gasteiger partial charge on any atom is -0.487 e. The minimum absolute atomic E-state index is 0.0684. The van der Waals surface area contributed by atoms with Crippen LogP contribution in [-0.4, -0.2) is 15.9 Å². The van der Waals surface area contributed by atoms with Crippen LogP contribution in [0.5, 0.6) is 5.75 Å². The Balaban J connectivity index is 1.62. The van der Waals surface area contributed by atoms with Crippen LogP contribution in [0.1, 0.15) is 48.7 Å². The highest BCUT2D eigenvalue weighted by molar-refractivity contribution is 9.10. The van der Waals surface area contributed by atoms with E-state index in [0.29, 0.717) is 34.1 Å². The predicted octanol–water partition coefficient (Wildman–Crippen LogP) is 7.10. The number of nitrogens with zero attached hydrogens (tertiary/aromatic N) is 3. The summed E-state index contributed by atoms with van der Waals surface area (Å²) in [5.41, 5.74) is 3.47. The first-order valence-corrected chi connectivity index (χ1v) is 12.3. The molecule has 1 atom stereocenters. The van der Waals surface area contributed by atoms with E-state index in [1.807, 2.05) is 56.3 Å². The normalized spacial score (nSPS) is 12.4. The number of benzene rings is 3. The Morgan fingerprint density at radius 1 is 1.18 bits per heavy atom. The number of halogens is 2. The van der Waals surface area contributed by atoms with E-state index in [0.717, 1.165) is 22.0 Å². The third-order valence-electron chi connectivity index (χ3n) is 5.64. The van der Waals surface area contributed by atoms with E-state index in [-0.39, 0.29) is 11.5 Å². The average Bonchev–Trinajstić information content (AvgIpc) is 2.82. The molecule has 0 aliphatic heterocycles. The Morgan fingerprint density at radius 3 is 2.74 bits per heavy atom. The summed E-state index contributed by atoms with van der Waals surface area (Å²) in [5.74, 6) is 1.29. The summed E-state index contributed by atoms with van der Waals surface area (Å²) in [6.45, 7) is 6.58. The van der Waals surface area contributed by atoms with Gasteiger partial charge in [0.1, 0.15) is 18.2 Å². The molecule has 0 spiro atoms. The minimum atomic E-state index is -0.206. The summed E-state index contributed by atoms with van der Waals surface area (Å²) in [4.78, 5) is 18.0. The highest BCUT2D eigenvalue weighted by Gasteiger charge is 2.15. The smallest absolute Gasteiger partial charge is 0.282 e. The van der Waals surface area contributed by atoms with Crippen molar-refractivity contribution in [1.82, 2.24) is 9.66 Å². The molecule has 0 radical (unpaired) electrons. The van der Waals surface area contributed by atoms with E-state index >= 15 is 0 Å². The van der Waals surface area contributed by atoms with Gasteiger partial charge in [-0.25, -0.2) is 4.98 Å². The van der Waals surface area contributed by atoms with Crippen molar-refractivity contribution in [2.45, 2.75) is 39.7 Å². The Morgan fingerprint density at radius 2 is 2.00 bits per heavy atom. The number of hydrogen-bond donors (Lipinski definition) is 0. The van der Waals surface area contributed by atoms with Crippen molar-refractivity contribution < 1.29 is 4.74 Å². The van der Waals surface area contributed by atoms with E-state index in [9.17, 15) is 4.79 Å². The quantitative estimate of drug-likeness (QED) is 0.236. The maximum atomic E-state index is 13.3. The Bertz CT molecular complexity index is 1430. The number of aromatic nitrogens is 2. The number of aryl methyl sites for hydroxylation is 1. The molecule has 0 fully saturated rings. The highest BCUT2D eigenvalue weighted by Crippen LogP contribution is 2.26. The van der Waals surface area contributed by atoms with Crippen LogP contribution in [0.2, 0.25) is 5.02 Å². The average molecular weight is 539 g/mol. The van der Waals surface area contributed by atoms with Crippen molar-refractivity contribution >= 4 is 44.6 Å². The van der Waals surface area contributed by atoms with Gasteiger partial charge in [0.2, 0.25) is 0 Å². The molecule has 0 aliphatic rings. The van der Waals surface area contributed by atoms with Crippen molar-refractivity contribution in [2.75, 3.05) is 0 Å². The van der Waals surface area contributed by atoms with Gasteiger partial charge in [0.15, 0.2) is 0 Å². The Hall–Kier alpha value is -2.96. The fourth-order valence-electron chi connectivity index (χ4n) is 3.58. The van der Waals surface area contributed by atoms with Crippen LogP contribution in [0, 0.1) is 6.92 Å². The lowest BCUT2D eigenvalue weighted by atomic mass is 10.1. The van der Waals surface area contributed by atoms with Gasteiger partial charge in [-0.2, -0.15) is 9.78 Å². The largest absolute Gasteiger partial charge is 0.487 e. The molecule has 0 unspecified atom stereocenters. The fourth-order valence-corrected chi connectivity index (χ4v) is 4.19. The molecule has 1 aromatic heterocycles. The molecule has 1 heterocycles. The van der Waals surface area contributed by atoms with E-state index in [4.69, 9.17) is 21.3 Å². The van der Waals surface area contributed by atoms with Gasteiger partial charge < -0.3 is 4.74 Å². The fraction of sp³-hybridized carbons (Fsp3) is 0.222. The molecule has 7 heteroatoms. The zero-order valence-electron chi connectivity index (χ0n) is 19.3. The van der Waals surface area contributed by atoms with E-state index in [1.165, 1.54) is 10.2 Å². The van der Waals surface area contributed by atoms with Crippen LogP contribution in [-0.2, 0) is 6.61 Å². The molecule has 34 heavy (non-hydrogen) atoms. The summed E-state index contributed by atoms with van der Waals surface area (Å²) in [7, 11) is 0. The molecule has 3 aromatic carbocycles. The molecule has 0 amide bonds. The molecular weight excluding hydrogens is 514 g/mol. The summed E-state index contributed by atoms with van der Waals surface area (Å²) in [6.07, 6.45) is 2.46. The van der Waals surface area contributed by atoms with Gasteiger partial charge in [0.05, 0.1) is 22.1 Å². The first kappa shape index (κ1) is 24.2. The van der Waals surface area contributed by atoms with Gasteiger partial charge in [0, 0.05) is 10.4 Å². The third kappa shape index (κ3) is 5.40. The second-order valence-electron chi connectivity index (χ2n) is 8.27. The van der Waals surface area contributed by atoms with Crippen molar-refractivity contribution in [3.8, 4) is 5.75 Å². The zero-order chi connectivity index (χ0) is 24.2. The lowest BCUT2D eigenvalue weighted by Crippen LogP contribution is -2.23. The maximum Gasteiger partial charge on any atom is 0.282 e. The molecular formula is C27H25BrClN3O2. The van der Waals surface area contributed by atoms with Crippen LogP contribution in [0.25, 0.3) is 10.9 Å². The van der Waals surface area contributed by atoms with Crippen LogP contribution >= 0.6 is 27.5 Å². The Labute approximate surface area is 212 Å². The van der Waals surface area contributed by atoms with Crippen molar-refractivity contribution in [1.29, 1.82) is 0 Å². The molecule has 0 saturated heterocycles. The summed E-state index contributed by atoms with van der Waals surface area (Å²) >= 11 is 9.90. The number of fused-ring (bicyclic) bond motifs is 1.